The summed E-state index contributed by atoms with van der Waals surface area (Å²) < 4.78 is 52.2. The lowest BCUT2D eigenvalue weighted by Gasteiger charge is -2.21. The highest BCUT2D eigenvalue weighted by Gasteiger charge is 2.30. The molecule has 0 atom stereocenters. The molecule has 116 valence electrons. The fraction of sp³-hybridized carbons (Fsp3) is 0.364. The second-order valence-corrected chi connectivity index (χ2v) is 4.64. The molecule has 1 amide bonds. The van der Waals surface area contributed by atoms with Crippen LogP contribution in [0, 0.1) is 21.7 Å². The van der Waals surface area contributed by atoms with E-state index in [1.54, 1.807) is 0 Å². The van der Waals surface area contributed by atoms with E-state index in [2.05, 4.69) is 15.9 Å². The van der Waals surface area contributed by atoms with Gasteiger partial charge in [0.15, 0.2) is 0 Å². The molecule has 0 fully saturated rings. The molecule has 21 heavy (non-hydrogen) atoms. The van der Waals surface area contributed by atoms with Gasteiger partial charge in [0.25, 0.3) is 12.3 Å². The first kappa shape index (κ1) is 17.3. The van der Waals surface area contributed by atoms with Crippen LogP contribution in [0.15, 0.2) is 12.1 Å². The van der Waals surface area contributed by atoms with E-state index in [4.69, 9.17) is 0 Å². The Morgan fingerprint density at radius 1 is 1.38 bits per heavy atom. The van der Waals surface area contributed by atoms with Gasteiger partial charge in [-0.15, -0.1) is 0 Å². The third-order valence-corrected chi connectivity index (χ3v) is 2.84. The van der Waals surface area contributed by atoms with Crippen molar-refractivity contribution in [2.24, 2.45) is 0 Å². The van der Waals surface area contributed by atoms with Crippen molar-refractivity contribution in [1.82, 2.24) is 4.90 Å². The Morgan fingerprint density at radius 2 is 2.00 bits per heavy atom. The van der Waals surface area contributed by atoms with Gasteiger partial charge in [-0.2, -0.15) is 4.39 Å². The van der Waals surface area contributed by atoms with Gasteiger partial charge in [0, 0.05) is 17.9 Å². The first-order valence-electron chi connectivity index (χ1n) is 5.55. The van der Waals surface area contributed by atoms with Crippen molar-refractivity contribution < 1.29 is 27.3 Å². The number of carbonyl (C=O) groups is 1. The minimum atomic E-state index is -2.90. The Morgan fingerprint density at radius 3 is 2.48 bits per heavy atom. The Hall–Kier alpha value is -1.71. The number of nitro groups is 1. The quantitative estimate of drug-likeness (QED) is 0.333. The van der Waals surface area contributed by atoms with Crippen LogP contribution in [0.2, 0.25) is 0 Å². The summed E-state index contributed by atoms with van der Waals surface area (Å²) >= 11 is 2.92. The molecule has 10 heteroatoms. The van der Waals surface area contributed by atoms with Crippen LogP contribution in [0.3, 0.4) is 0 Å². The molecule has 1 aromatic carbocycles. The summed E-state index contributed by atoms with van der Waals surface area (Å²) in [6.45, 7) is -1.27. The van der Waals surface area contributed by atoms with Crippen molar-refractivity contribution in [3.8, 4) is 0 Å². The number of alkyl halides is 3. The van der Waals surface area contributed by atoms with E-state index in [0.717, 1.165) is 0 Å². The molecule has 0 radical (unpaired) electrons. The molecule has 0 aliphatic rings. The molecule has 0 aliphatic heterocycles. The van der Waals surface area contributed by atoms with Crippen LogP contribution in [-0.2, 0) is 0 Å². The molecular formula is C11H9BrF4N2O3. The van der Waals surface area contributed by atoms with E-state index in [1.165, 1.54) is 0 Å². The van der Waals surface area contributed by atoms with Gasteiger partial charge in [0.1, 0.15) is 11.4 Å². The van der Waals surface area contributed by atoms with E-state index in [0.29, 0.717) is 17.0 Å². The molecule has 1 rings (SSSR count). The van der Waals surface area contributed by atoms with E-state index in [-0.39, 0.29) is 11.9 Å². The molecule has 0 saturated carbocycles. The smallest absolute Gasteiger partial charge is 0.305 e. The van der Waals surface area contributed by atoms with Gasteiger partial charge in [-0.05, 0) is 6.07 Å². The van der Waals surface area contributed by atoms with Gasteiger partial charge in [-0.3, -0.25) is 14.9 Å². The normalized spacial score (nSPS) is 10.8. The number of rotatable bonds is 6. The minimum Gasteiger partial charge on any atom is -0.332 e. The predicted octanol–water partition coefficient (Wildman–Crippen LogP) is 2.98. The van der Waals surface area contributed by atoms with Crippen molar-refractivity contribution in [1.29, 1.82) is 0 Å². The highest BCUT2D eigenvalue weighted by Crippen LogP contribution is 2.24. The van der Waals surface area contributed by atoms with E-state index >= 15 is 0 Å². The van der Waals surface area contributed by atoms with Gasteiger partial charge in [0.2, 0.25) is 5.82 Å². The lowest BCUT2D eigenvalue weighted by molar-refractivity contribution is -0.387. The summed E-state index contributed by atoms with van der Waals surface area (Å²) in [6.07, 6.45) is -2.90. The number of carbonyl (C=O) groups excluding carboxylic acids is 1. The van der Waals surface area contributed by atoms with Crippen LogP contribution in [-0.4, -0.2) is 40.6 Å². The Bertz CT molecular complexity index is 557. The van der Waals surface area contributed by atoms with Crippen LogP contribution < -0.4 is 0 Å². The molecule has 0 saturated heterocycles. The van der Waals surface area contributed by atoms with Crippen LogP contribution in [0.25, 0.3) is 0 Å². The minimum absolute atomic E-state index is 0.101. The summed E-state index contributed by atoms with van der Waals surface area (Å²) in [4.78, 5) is 21.9. The highest BCUT2D eigenvalue weighted by atomic mass is 79.9. The maximum atomic E-state index is 13.8. The first-order valence-corrected chi connectivity index (χ1v) is 6.67. The van der Waals surface area contributed by atoms with Crippen LogP contribution >= 0.6 is 15.9 Å². The van der Waals surface area contributed by atoms with Crippen LogP contribution in [0.5, 0.6) is 0 Å². The highest BCUT2D eigenvalue weighted by molar-refractivity contribution is 9.09. The SMILES string of the molecule is O=C(c1c(F)ccc([N+](=O)[O-])c1F)N(CCBr)CC(F)F. The van der Waals surface area contributed by atoms with E-state index in [9.17, 15) is 32.5 Å². The topological polar surface area (TPSA) is 63.4 Å². The van der Waals surface area contributed by atoms with Crippen molar-refractivity contribution in [3.05, 3.63) is 39.4 Å². The van der Waals surface area contributed by atoms with Gasteiger partial charge >= 0.3 is 5.69 Å². The summed E-state index contributed by atoms with van der Waals surface area (Å²) in [5.74, 6) is -4.40. The number of nitro benzene ring substituents is 1. The maximum absolute atomic E-state index is 13.8. The number of hydrogen-bond acceptors (Lipinski definition) is 3. The second kappa shape index (κ2) is 7.34. The van der Waals surface area contributed by atoms with Crippen LogP contribution in [0.1, 0.15) is 10.4 Å². The second-order valence-electron chi connectivity index (χ2n) is 3.84. The van der Waals surface area contributed by atoms with Crippen molar-refractivity contribution in [2.45, 2.75) is 6.43 Å². The van der Waals surface area contributed by atoms with Gasteiger partial charge < -0.3 is 4.90 Å². The fourth-order valence-corrected chi connectivity index (χ4v) is 2.01. The Labute approximate surface area is 124 Å². The number of nitrogens with zero attached hydrogens (tertiary/aromatic N) is 2. The Kier molecular flexibility index (Phi) is 6.06. The van der Waals surface area contributed by atoms with Gasteiger partial charge in [-0.1, -0.05) is 15.9 Å². The zero-order valence-electron chi connectivity index (χ0n) is 10.4. The molecule has 0 spiro atoms. The number of benzene rings is 1. The lowest BCUT2D eigenvalue weighted by atomic mass is 10.1. The standard InChI is InChI=1S/C11H9BrF4N2O3/c12-3-4-17(5-8(14)15)11(19)9-6(13)1-2-7(10(9)16)18(20)21/h1-2,8H,3-5H2. The molecule has 0 aromatic heterocycles. The third-order valence-electron chi connectivity index (χ3n) is 2.48. The molecule has 0 heterocycles. The zero-order chi connectivity index (χ0) is 16.2. The summed E-state index contributed by atoms with van der Waals surface area (Å²) in [5.41, 5.74) is -2.32. The van der Waals surface area contributed by atoms with Crippen molar-refractivity contribution in [2.75, 3.05) is 18.4 Å². The maximum Gasteiger partial charge on any atom is 0.305 e. The van der Waals surface area contributed by atoms with Crippen molar-refractivity contribution in [3.63, 3.8) is 0 Å². The molecular weight excluding hydrogens is 364 g/mol. The van der Waals surface area contributed by atoms with Crippen LogP contribution in [0.4, 0.5) is 23.2 Å². The monoisotopic (exact) mass is 372 g/mol. The summed E-state index contributed by atoms with van der Waals surface area (Å²) in [7, 11) is 0. The third kappa shape index (κ3) is 4.13. The largest absolute Gasteiger partial charge is 0.332 e. The van der Waals surface area contributed by atoms with Gasteiger partial charge in [0.05, 0.1) is 11.5 Å². The fourth-order valence-electron chi connectivity index (χ4n) is 1.58. The van der Waals surface area contributed by atoms with Gasteiger partial charge in [-0.25, -0.2) is 13.2 Å². The molecule has 0 aliphatic carbocycles. The summed E-state index contributed by atoms with van der Waals surface area (Å²) in [6, 6.07) is 1.10. The lowest BCUT2D eigenvalue weighted by Crippen LogP contribution is -2.37. The van der Waals surface area contributed by atoms with E-state index in [1.807, 2.05) is 0 Å². The zero-order valence-corrected chi connectivity index (χ0v) is 11.9. The molecule has 0 bridgehead atoms. The number of amides is 1. The first-order chi connectivity index (χ1) is 9.79. The molecule has 1 aromatic rings. The average molecular weight is 373 g/mol. The van der Waals surface area contributed by atoms with E-state index < -0.39 is 46.7 Å². The molecule has 5 nitrogen and oxygen atoms in total. The Balaban J connectivity index is 3.26. The number of hydrogen-bond donors (Lipinski definition) is 0. The predicted molar refractivity (Wildman–Crippen MR) is 68.7 cm³/mol. The van der Waals surface area contributed by atoms with Crippen molar-refractivity contribution >= 4 is 27.5 Å². The average Bonchev–Trinajstić information content (AvgIpc) is 2.37. The summed E-state index contributed by atoms with van der Waals surface area (Å²) in [5, 5.41) is 10.7. The molecule has 0 N–H and O–H groups in total. The number of halogens is 5. The molecule has 0 unspecified atom stereocenters.